The van der Waals surface area contributed by atoms with Crippen LogP contribution in [0.25, 0.3) is 0 Å². The van der Waals surface area contributed by atoms with Crippen molar-refractivity contribution in [3.63, 3.8) is 0 Å². The van der Waals surface area contributed by atoms with Gasteiger partial charge in [-0.1, -0.05) is 0 Å². The molecule has 2 N–H and O–H groups in total. The molecular formula is C17H26ClN3O6S. The van der Waals surface area contributed by atoms with Crippen molar-refractivity contribution in [2.75, 3.05) is 57.9 Å². The third-order valence-corrected chi connectivity index (χ3v) is 6.23. The number of nitrogens with one attached hydrogen (secondary N) is 2. The molecule has 0 radical (unpaired) electrons. The number of morpholine rings is 2. The van der Waals surface area contributed by atoms with Crippen molar-refractivity contribution in [1.82, 2.24) is 9.62 Å². The van der Waals surface area contributed by atoms with Gasteiger partial charge in [0, 0.05) is 26.2 Å². The van der Waals surface area contributed by atoms with Gasteiger partial charge in [-0.15, -0.1) is 12.4 Å². The molecule has 0 spiro atoms. The van der Waals surface area contributed by atoms with Gasteiger partial charge >= 0.3 is 0 Å². The van der Waals surface area contributed by atoms with Gasteiger partial charge in [0.05, 0.1) is 37.0 Å². The fourth-order valence-corrected chi connectivity index (χ4v) is 4.37. The van der Waals surface area contributed by atoms with E-state index in [0.29, 0.717) is 64.0 Å². The summed E-state index contributed by atoms with van der Waals surface area (Å²) in [4.78, 5) is 12.6. The quantitative estimate of drug-likeness (QED) is 0.668. The second-order valence-corrected chi connectivity index (χ2v) is 8.10. The topological polar surface area (TPSA) is 106 Å². The van der Waals surface area contributed by atoms with Crippen LogP contribution in [0.2, 0.25) is 0 Å². The van der Waals surface area contributed by atoms with Crippen LogP contribution in [-0.2, 0) is 24.3 Å². The van der Waals surface area contributed by atoms with Crippen LogP contribution >= 0.6 is 12.4 Å². The number of halogens is 1. The Morgan fingerprint density at radius 3 is 2.71 bits per heavy atom. The number of sulfonamides is 1. The molecule has 2 aliphatic rings. The fraction of sp³-hybridized carbons (Fsp3) is 0.588. The summed E-state index contributed by atoms with van der Waals surface area (Å²) in [6.07, 6.45) is -0.632. The molecule has 2 aliphatic heterocycles. The molecule has 28 heavy (non-hydrogen) atoms. The Kier molecular flexibility index (Phi) is 8.47. The first kappa shape index (κ1) is 22.9. The van der Waals surface area contributed by atoms with Crippen LogP contribution < -0.4 is 15.4 Å². The highest BCUT2D eigenvalue weighted by Gasteiger charge is 2.28. The number of nitrogens with zero attached hydrogens (tertiary/aromatic N) is 1. The number of carbonyl (C=O) groups excluding carboxylic acids is 1. The molecule has 3 rings (SSSR count). The molecule has 1 amide bonds. The van der Waals surface area contributed by atoms with Gasteiger partial charge in [0.1, 0.15) is 11.9 Å². The van der Waals surface area contributed by atoms with Crippen molar-refractivity contribution in [2.24, 2.45) is 0 Å². The highest BCUT2D eigenvalue weighted by molar-refractivity contribution is 7.89. The van der Waals surface area contributed by atoms with E-state index in [9.17, 15) is 13.2 Å². The summed E-state index contributed by atoms with van der Waals surface area (Å²) in [7, 11) is -3.67. The maximum absolute atomic E-state index is 12.9. The molecule has 2 saturated heterocycles. The molecule has 11 heteroatoms. The summed E-state index contributed by atoms with van der Waals surface area (Å²) >= 11 is 0. The molecule has 2 fully saturated rings. The van der Waals surface area contributed by atoms with Gasteiger partial charge in [0.25, 0.3) is 5.91 Å². The molecule has 158 valence electrons. The zero-order valence-electron chi connectivity index (χ0n) is 15.7. The smallest absolute Gasteiger partial charge is 0.254 e. The Morgan fingerprint density at radius 2 is 2.07 bits per heavy atom. The van der Waals surface area contributed by atoms with Gasteiger partial charge in [-0.3, -0.25) is 4.79 Å². The minimum absolute atomic E-state index is 0. The van der Waals surface area contributed by atoms with Crippen molar-refractivity contribution >= 4 is 34.0 Å². The highest BCUT2D eigenvalue weighted by atomic mass is 35.5. The van der Waals surface area contributed by atoms with E-state index in [1.807, 2.05) is 6.92 Å². The normalized spacial score (nSPS) is 20.8. The average molecular weight is 436 g/mol. The molecule has 0 aromatic heterocycles. The fourth-order valence-electron chi connectivity index (χ4n) is 2.93. The Balaban J connectivity index is 0.00000280. The van der Waals surface area contributed by atoms with Gasteiger partial charge in [0.15, 0.2) is 0 Å². The second-order valence-electron chi connectivity index (χ2n) is 6.16. The van der Waals surface area contributed by atoms with E-state index in [1.54, 1.807) is 6.07 Å². The Morgan fingerprint density at radius 1 is 1.32 bits per heavy atom. The lowest BCUT2D eigenvalue weighted by Gasteiger charge is -2.26. The van der Waals surface area contributed by atoms with Gasteiger partial charge in [-0.2, -0.15) is 4.31 Å². The number of amides is 1. The number of anilines is 1. The van der Waals surface area contributed by atoms with Crippen molar-refractivity contribution in [2.45, 2.75) is 17.9 Å². The summed E-state index contributed by atoms with van der Waals surface area (Å²) in [5.41, 5.74) is 0.311. The number of rotatable bonds is 6. The molecule has 9 nitrogen and oxygen atoms in total. The van der Waals surface area contributed by atoms with Gasteiger partial charge < -0.3 is 24.8 Å². The molecule has 2 heterocycles. The first-order chi connectivity index (χ1) is 13.0. The lowest BCUT2D eigenvalue weighted by atomic mass is 10.2. The van der Waals surface area contributed by atoms with E-state index < -0.39 is 16.1 Å². The zero-order chi connectivity index (χ0) is 19.3. The molecule has 1 aromatic carbocycles. The zero-order valence-corrected chi connectivity index (χ0v) is 17.3. The van der Waals surface area contributed by atoms with Crippen LogP contribution in [0.5, 0.6) is 5.75 Å². The minimum Gasteiger partial charge on any atom is -0.492 e. The van der Waals surface area contributed by atoms with E-state index in [0.717, 1.165) is 0 Å². The van der Waals surface area contributed by atoms with E-state index in [-0.39, 0.29) is 23.2 Å². The SMILES string of the molecule is CCOc1ccc(S(=O)(=O)N2CCOCC2)cc1NC(=O)[C@H]1CNCCO1.Cl. The average Bonchev–Trinajstić information content (AvgIpc) is 2.70. The molecule has 1 atom stereocenters. The first-order valence-electron chi connectivity index (χ1n) is 9.00. The van der Waals surface area contributed by atoms with Crippen LogP contribution in [0.15, 0.2) is 23.1 Å². The predicted molar refractivity (Wildman–Crippen MR) is 106 cm³/mol. The Labute approximate surface area is 171 Å². The number of ether oxygens (including phenoxy) is 3. The van der Waals surface area contributed by atoms with Crippen LogP contribution in [-0.4, -0.2) is 77.3 Å². The monoisotopic (exact) mass is 435 g/mol. The van der Waals surface area contributed by atoms with Crippen molar-refractivity contribution in [3.05, 3.63) is 18.2 Å². The number of benzene rings is 1. The lowest BCUT2D eigenvalue weighted by Crippen LogP contribution is -2.45. The molecule has 0 aliphatic carbocycles. The summed E-state index contributed by atoms with van der Waals surface area (Å²) in [5, 5.41) is 5.83. The van der Waals surface area contributed by atoms with E-state index >= 15 is 0 Å². The molecular weight excluding hydrogens is 410 g/mol. The van der Waals surface area contributed by atoms with Crippen LogP contribution in [0.3, 0.4) is 0 Å². The van der Waals surface area contributed by atoms with Crippen LogP contribution in [0.4, 0.5) is 5.69 Å². The van der Waals surface area contributed by atoms with E-state index in [4.69, 9.17) is 14.2 Å². The summed E-state index contributed by atoms with van der Waals surface area (Å²) < 4.78 is 43.3. The summed E-state index contributed by atoms with van der Waals surface area (Å²) in [6, 6.07) is 4.49. The molecule has 1 aromatic rings. The molecule has 0 bridgehead atoms. The van der Waals surface area contributed by atoms with E-state index in [2.05, 4.69) is 10.6 Å². The summed E-state index contributed by atoms with van der Waals surface area (Å²) in [6.45, 7) is 5.10. The maximum atomic E-state index is 12.9. The van der Waals surface area contributed by atoms with Crippen LogP contribution in [0, 0.1) is 0 Å². The predicted octanol–water partition coefficient (Wildman–Crippen LogP) is 0.455. The number of hydrogen-bond donors (Lipinski definition) is 2. The van der Waals surface area contributed by atoms with Crippen LogP contribution in [0.1, 0.15) is 6.92 Å². The minimum atomic E-state index is -3.67. The Hall–Kier alpha value is -1.43. The van der Waals surface area contributed by atoms with Gasteiger partial charge in [-0.05, 0) is 25.1 Å². The maximum Gasteiger partial charge on any atom is 0.254 e. The second kappa shape index (κ2) is 10.4. The standard InChI is InChI=1S/C17H25N3O6S.ClH/c1-2-25-15-4-3-13(27(22,23)20-6-9-24-10-7-20)11-14(15)19-17(21)16-12-18-5-8-26-16;/h3-4,11,16,18H,2,5-10,12H2,1H3,(H,19,21);1H/t16-;/m1./s1. The summed E-state index contributed by atoms with van der Waals surface area (Å²) in [5.74, 6) is 0.0691. The third kappa shape index (κ3) is 5.34. The van der Waals surface area contributed by atoms with Crippen molar-refractivity contribution < 1.29 is 27.4 Å². The Bertz CT molecular complexity index is 764. The van der Waals surface area contributed by atoms with Crippen molar-refractivity contribution in [1.29, 1.82) is 0 Å². The van der Waals surface area contributed by atoms with Gasteiger partial charge in [0.2, 0.25) is 10.0 Å². The van der Waals surface area contributed by atoms with Gasteiger partial charge in [-0.25, -0.2) is 8.42 Å². The third-order valence-electron chi connectivity index (χ3n) is 4.34. The lowest BCUT2D eigenvalue weighted by molar-refractivity contribution is -0.128. The highest BCUT2D eigenvalue weighted by Crippen LogP contribution is 2.30. The van der Waals surface area contributed by atoms with E-state index in [1.165, 1.54) is 16.4 Å². The number of carbonyl (C=O) groups is 1. The molecule has 0 unspecified atom stereocenters. The number of hydrogen-bond acceptors (Lipinski definition) is 7. The van der Waals surface area contributed by atoms with Crippen molar-refractivity contribution in [3.8, 4) is 5.75 Å². The first-order valence-corrected chi connectivity index (χ1v) is 10.4. The largest absolute Gasteiger partial charge is 0.492 e. The molecule has 0 saturated carbocycles.